The first-order chi connectivity index (χ1) is 21.4. The van der Waals surface area contributed by atoms with Crippen LogP contribution in [0.4, 0.5) is 0 Å². The van der Waals surface area contributed by atoms with Crippen LogP contribution in [0.2, 0.25) is 0 Å². The first-order valence-electron chi connectivity index (χ1n) is 18.2. The van der Waals surface area contributed by atoms with Gasteiger partial charge in [0.1, 0.15) is 13.2 Å². The Morgan fingerprint density at radius 2 is 0.889 bits per heavy atom. The van der Waals surface area contributed by atoms with Crippen molar-refractivity contribution in [3.63, 3.8) is 0 Å². The normalized spacial score (nSPS) is 11.4. The van der Waals surface area contributed by atoms with Crippen molar-refractivity contribution in [2.24, 2.45) is 0 Å². The summed E-state index contributed by atoms with van der Waals surface area (Å²) in [6, 6.07) is -1.06. The van der Waals surface area contributed by atoms with Crippen LogP contribution in [0.3, 0.4) is 0 Å². The van der Waals surface area contributed by atoms with Crippen LogP contribution in [0, 0.1) is 0 Å². The van der Waals surface area contributed by atoms with E-state index in [9.17, 15) is 19.2 Å². The number of carbonyl (C=O) groups is 4. The molecule has 0 aromatic heterocycles. The van der Waals surface area contributed by atoms with Gasteiger partial charge in [0, 0.05) is 12.8 Å². The van der Waals surface area contributed by atoms with Gasteiger partial charge in [0.05, 0.1) is 7.11 Å². The monoisotopic (exact) mass is 649 g/mol. The van der Waals surface area contributed by atoms with E-state index in [1.165, 1.54) is 123 Å². The summed E-state index contributed by atoms with van der Waals surface area (Å²) in [6.45, 7) is 3.89. The summed E-state index contributed by atoms with van der Waals surface area (Å²) in [5, 5.41) is 5.19. The molecule has 0 rings (SSSR count). The molecule has 9 heteroatoms. The number of rotatable bonds is 32. The van der Waals surface area contributed by atoms with Crippen molar-refractivity contribution in [2.75, 3.05) is 20.3 Å². The second-order valence-electron chi connectivity index (χ2n) is 12.4. The predicted molar refractivity (Wildman–Crippen MR) is 186 cm³/mol. The predicted octanol–water partition coefficient (Wildman–Crippen LogP) is 7.84. The summed E-state index contributed by atoms with van der Waals surface area (Å²) < 4.78 is 9.90. The van der Waals surface area contributed by atoms with Gasteiger partial charge in [0.25, 0.3) is 0 Å². The van der Waals surface area contributed by atoms with Crippen molar-refractivity contribution in [1.29, 1.82) is 0 Å². The molecule has 0 heterocycles. The van der Waals surface area contributed by atoms with Crippen molar-refractivity contribution in [2.45, 2.75) is 187 Å². The average Bonchev–Trinajstić information content (AvgIpc) is 3.02. The number of unbranched alkanes of at least 4 members (excludes halogenated alkanes) is 22. The molecule has 0 saturated heterocycles. The van der Waals surface area contributed by atoms with Crippen LogP contribution >= 0.6 is 0 Å². The quantitative estimate of drug-likeness (QED) is 0.0437. The molecule has 0 saturated carbocycles. The Morgan fingerprint density at radius 1 is 0.533 bits per heavy atom. The number of ether oxygens (including phenoxy) is 2. The van der Waals surface area contributed by atoms with E-state index in [1.807, 2.05) is 0 Å². The number of nitrogens with one attached hydrogen (secondary N) is 2. The fourth-order valence-electron chi connectivity index (χ4n) is 5.32. The van der Waals surface area contributed by atoms with Crippen LogP contribution in [0.15, 0.2) is 0 Å². The molecule has 0 aliphatic heterocycles. The summed E-state index contributed by atoms with van der Waals surface area (Å²) >= 11 is 0. The molecule has 0 aromatic carbocycles. The minimum atomic E-state index is -1.06. The van der Waals surface area contributed by atoms with E-state index in [1.54, 1.807) is 0 Å². The Hall–Kier alpha value is -1.12. The molecule has 45 heavy (non-hydrogen) atoms. The van der Waals surface area contributed by atoms with Gasteiger partial charge in [0.2, 0.25) is 11.8 Å². The fraction of sp³-hybridized carbons (Fsp3) is 0.889. The Balaban J connectivity index is 0. The van der Waals surface area contributed by atoms with E-state index in [0.29, 0.717) is 12.8 Å². The molecule has 0 aromatic rings. The van der Waals surface area contributed by atoms with Gasteiger partial charge in [-0.15, -0.1) is 0 Å². The van der Waals surface area contributed by atoms with Crippen molar-refractivity contribution >= 4 is 53.3 Å². The summed E-state index contributed by atoms with van der Waals surface area (Å²) in [5.41, 5.74) is 0. The molecule has 0 spiro atoms. The minimum absolute atomic E-state index is 0. The molecule has 2 amide bonds. The number of amides is 2. The van der Waals surface area contributed by atoms with E-state index < -0.39 is 18.0 Å². The molecule has 0 unspecified atom stereocenters. The van der Waals surface area contributed by atoms with Crippen LogP contribution in [0.5, 0.6) is 0 Å². The first kappa shape index (κ1) is 46.0. The summed E-state index contributed by atoms with van der Waals surface area (Å²) in [5.74, 6) is -1.78. The van der Waals surface area contributed by atoms with Gasteiger partial charge in [-0.25, -0.2) is 4.79 Å². The number of carbonyl (C=O) groups excluding carboxylic acids is 4. The molecule has 0 fully saturated rings. The summed E-state index contributed by atoms with van der Waals surface area (Å²) in [4.78, 5) is 48.6. The molecule has 0 bridgehead atoms. The van der Waals surface area contributed by atoms with Gasteiger partial charge in [-0.3, -0.25) is 14.4 Å². The maximum absolute atomic E-state index is 12.3. The van der Waals surface area contributed by atoms with Gasteiger partial charge >= 0.3 is 41.5 Å². The number of hydrogen-bond acceptors (Lipinski definition) is 6. The molecule has 0 radical (unpaired) electrons. The fourth-order valence-corrected chi connectivity index (χ4v) is 5.32. The standard InChI is InChI=1S/C36H68N2O6.Na.H/c1-4-6-8-10-12-14-16-17-19-20-22-24-26-28-33(39)37-30-35(41)44-31-32(36(42)43-3)38-34(40)29-27-25-23-21-18-15-13-11-9-7-5-2;;/h32H,4-31H2,1-3H3,(H,37,39)(H,38,40);;/t32-;;/m0../s1. The van der Waals surface area contributed by atoms with E-state index in [2.05, 4.69) is 24.5 Å². The molecule has 260 valence electrons. The van der Waals surface area contributed by atoms with Crippen molar-refractivity contribution < 1.29 is 28.7 Å². The SMILES string of the molecule is CCCCCCCCCCCCCCCC(=O)NCC(=O)OC[C@H](NC(=O)CCCCCCCCCCCCC)C(=O)OC.[NaH]. The molecule has 8 nitrogen and oxygen atoms in total. The average molecular weight is 649 g/mol. The molecule has 2 N–H and O–H groups in total. The van der Waals surface area contributed by atoms with Crippen molar-refractivity contribution in [3.8, 4) is 0 Å². The molecular formula is C36H69N2NaO6. The van der Waals surface area contributed by atoms with E-state index in [4.69, 9.17) is 9.47 Å². The van der Waals surface area contributed by atoms with Crippen molar-refractivity contribution in [1.82, 2.24) is 10.6 Å². The van der Waals surface area contributed by atoms with Gasteiger partial charge in [0.15, 0.2) is 6.04 Å². The van der Waals surface area contributed by atoms with Gasteiger partial charge < -0.3 is 20.1 Å². The second-order valence-corrected chi connectivity index (χ2v) is 12.4. The molecule has 1 atom stereocenters. The zero-order valence-corrected chi connectivity index (χ0v) is 28.8. The number of hydrogen-bond donors (Lipinski definition) is 2. The summed E-state index contributed by atoms with van der Waals surface area (Å²) in [7, 11) is 1.23. The maximum atomic E-state index is 12.3. The third kappa shape index (κ3) is 32.6. The summed E-state index contributed by atoms with van der Waals surface area (Å²) in [6.07, 6.45) is 30.0. The van der Waals surface area contributed by atoms with Gasteiger partial charge in [-0.05, 0) is 12.8 Å². The Labute approximate surface area is 298 Å². The topological polar surface area (TPSA) is 111 Å². The van der Waals surface area contributed by atoms with Crippen LogP contribution in [0.1, 0.15) is 181 Å². The van der Waals surface area contributed by atoms with Crippen LogP contribution in [-0.4, -0.2) is 79.6 Å². The van der Waals surface area contributed by atoms with Crippen LogP contribution < -0.4 is 10.6 Å². The molecule has 0 aliphatic rings. The zero-order chi connectivity index (χ0) is 32.5. The first-order valence-corrected chi connectivity index (χ1v) is 18.2. The van der Waals surface area contributed by atoms with E-state index in [-0.39, 0.29) is 54.5 Å². The van der Waals surface area contributed by atoms with Crippen LogP contribution in [0.25, 0.3) is 0 Å². The Bertz CT molecular complexity index is 722. The molecule has 0 aliphatic carbocycles. The second kappa shape index (κ2) is 35.7. The number of methoxy groups -OCH3 is 1. The van der Waals surface area contributed by atoms with Gasteiger partial charge in [-0.2, -0.15) is 0 Å². The van der Waals surface area contributed by atoms with E-state index >= 15 is 0 Å². The van der Waals surface area contributed by atoms with Gasteiger partial charge in [-0.1, -0.05) is 155 Å². The van der Waals surface area contributed by atoms with Crippen molar-refractivity contribution in [3.05, 3.63) is 0 Å². The number of esters is 2. The van der Waals surface area contributed by atoms with Crippen LogP contribution in [-0.2, 0) is 28.7 Å². The third-order valence-corrected chi connectivity index (χ3v) is 8.18. The third-order valence-electron chi connectivity index (χ3n) is 8.18. The Morgan fingerprint density at radius 3 is 1.27 bits per heavy atom. The Kier molecular flexibility index (Phi) is 36.5. The molecular weight excluding hydrogens is 579 g/mol. The zero-order valence-electron chi connectivity index (χ0n) is 28.8. The van der Waals surface area contributed by atoms with E-state index in [0.717, 1.165) is 38.5 Å².